The highest BCUT2D eigenvalue weighted by atomic mass is 14.7. The van der Waals surface area contributed by atoms with E-state index in [1.54, 1.807) is 0 Å². The van der Waals surface area contributed by atoms with Crippen molar-refractivity contribution in [3.05, 3.63) is 0 Å². The summed E-state index contributed by atoms with van der Waals surface area (Å²) in [6.45, 7) is 5.37. The molecule has 1 aliphatic rings. The minimum absolute atomic E-state index is 0.395. The lowest BCUT2D eigenvalue weighted by Crippen LogP contribution is -2.40. The van der Waals surface area contributed by atoms with E-state index < -0.39 is 0 Å². The lowest BCUT2D eigenvalue weighted by atomic mass is 9.76. The van der Waals surface area contributed by atoms with Crippen LogP contribution in [0.1, 0.15) is 58.8 Å². The monoisotopic (exact) mass is 226 g/mol. The van der Waals surface area contributed by atoms with Crippen LogP contribution < -0.4 is 11.5 Å². The number of rotatable bonds is 6. The predicted octanol–water partition coefficient (Wildman–Crippen LogP) is 2.91. The molecule has 0 aromatic rings. The standard InChI is InChI=1S/C14H30N2/c1-11(2)10-13(8-9-15)14(16)12-6-4-3-5-7-12/h11-14H,3-10,15-16H2,1-2H3. The van der Waals surface area contributed by atoms with Crippen molar-refractivity contribution in [1.82, 2.24) is 0 Å². The second-order valence-electron chi connectivity index (χ2n) is 5.94. The van der Waals surface area contributed by atoms with Crippen molar-refractivity contribution >= 4 is 0 Å². The van der Waals surface area contributed by atoms with Gasteiger partial charge in [-0.15, -0.1) is 0 Å². The van der Waals surface area contributed by atoms with Crippen LogP contribution in [0.3, 0.4) is 0 Å². The zero-order valence-electron chi connectivity index (χ0n) is 11.1. The highest BCUT2D eigenvalue weighted by molar-refractivity contribution is 4.83. The summed E-state index contributed by atoms with van der Waals surface area (Å²) in [6.07, 6.45) is 9.23. The van der Waals surface area contributed by atoms with E-state index in [9.17, 15) is 0 Å². The number of hydrogen-bond donors (Lipinski definition) is 2. The van der Waals surface area contributed by atoms with E-state index in [-0.39, 0.29) is 0 Å². The molecule has 1 aliphatic carbocycles. The van der Waals surface area contributed by atoms with Crippen LogP contribution in [-0.2, 0) is 0 Å². The molecule has 4 N–H and O–H groups in total. The van der Waals surface area contributed by atoms with Gasteiger partial charge in [0.1, 0.15) is 0 Å². The molecule has 2 atom stereocenters. The molecule has 0 aromatic carbocycles. The van der Waals surface area contributed by atoms with Gasteiger partial charge in [0.2, 0.25) is 0 Å². The van der Waals surface area contributed by atoms with Crippen molar-refractivity contribution in [2.24, 2.45) is 29.2 Å². The Bertz CT molecular complexity index is 174. The van der Waals surface area contributed by atoms with Gasteiger partial charge in [0.05, 0.1) is 0 Å². The molecule has 16 heavy (non-hydrogen) atoms. The number of nitrogens with two attached hydrogens (primary N) is 2. The summed E-state index contributed by atoms with van der Waals surface area (Å²) in [5.41, 5.74) is 12.2. The Balaban J connectivity index is 2.46. The minimum atomic E-state index is 0.395. The van der Waals surface area contributed by atoms with Gasteiger partial charge < -0.3 is 11.5 Å². The van der Waals surface area contributed by atoms with E-state index in [1.165, 1.54) is 38.5 Å². The van der Waals surface area contributed by atoms with Gasteiger partial charge in [-0.25, -0.2) is 0 Å². The maximum Gasteiger partial charge on any atom is 0.00962 e. The molecule has 0 heterocycles. The SMILES string of the molecule is CC(C)CC(CCN)C(N)C1CCCCC1. The highest BCUT2D eigenvalue weighted by Crippen LogP contribution is 2.31. The lowest BCUT2D eigenvalue weighted by molar-refractivity contribution is 0.215. The maximum atomic E-state index is 6.47. The molecular formula is C14H30N2. The third kappa shape index (κ3) is 4.42. The zero-order valence-corrected chi connectivity index (χ0v) is 11.1. The van der Waals surface area contributed by atoms with Gasteiger partial charge in [0.25, 0.3) is 0 Å². The fraction of sp³-hybridized carbons (Fsp3) is 1.00. The van der Waals surface area contributed by atoms with Crippen molar-refractivity contribution in [3.8, 4) is 0 Å². The minimum Gasteiger partial charge on any atom is -0.330 e. The topological polar surface area (TPSA) is 52.0 Å². The predicted molar refractivity (Wildman–Crippen MR) is 71.2 cm³/mol. The van der Waals surface area contributed by atoms with E-state index in [2.05, 4.69) is 13.8 Å². The van der Waals surface area contributed by atoms with E-state index in [0.29, 0.717) is 12.0 Å². The molecule has 2 nitrogen and oxygen atoms in total. The number of hydrogen-bond acceptors (Lipinski definition) is 2. The Labute approximate surface area is 101 Å². The van der Waals surface area contributed by atoms with Gasteiger partial charge in [-0.3, -0.25) is 0 Å². The summed E-state index contributed by atoms with van der Waals surface area (Å²) in [5, 5.41) is 0. The van der Waals surface area contributed by atoms with Crippen LogP contribution in [0.4, 0.5) is 0 Å². The van der Waals surface area contributed by atoms with Crippen molar-refractivity contribution < 1.29 is 0 Å². The molecule has 0 aromatic heterocycles. The van der Waals surface area contributed by atoms with E-state index in [4.69, 9.17) is 11.5 Å². The first-order chi connectivity index (χ1) is 7.65. The summed E-state index contributed by atoms with van der Waals surface area (Å²) in [5.74, 6) is 2.16. The Morgan fingerprint density at radius 3 is 2.25 bits per heavy atom. The fourth-order valence-corrected chi connectivity index (χ4v) is 3.19. The third-order valence-electron chi connectivity index (χ3n) is 4.05. The molecule has 0 aliphatic heterocycles. The molecule has 0 saturated heterocycles. The summed E-state index contributed by atoms with van der Waals surface area (Å²) in [4.78, 5) is 0. The Morgan fingerprint density at radius 1 is 1.12 bits per heavy atom. The lowest BCUT2D eigenvalue weighted by Gasteiger charge is -2.34. The summed E-state index contributed by atoms with van der Waals surface area (Å²) >= 11 is 0. The van der Waals surface area contributed by atoms with Crippen molar-refractivity contribution in [2.75, 3.05) is 6.54 Å². The van der Waals surface area contributed by atoms with Crippen LogP contribution in [0.5, 0.6) is 0 Å². The molecule has 1 saturated carbocycles. The van der Waals surface area contributed by atoms with E-state index in [1.807, 2.05) is 0 Å². The van der Waals surface area contributed by atoms with Crippen molar-refractivity contribution in [2.45, 2.75) is 64.8 Å². The first kappa shape index (κ1) is 14.0. The summed E-state index contributed by atoms with van der Waals surface area (Å²) < 4.78 is 0. The van der Waals surface area contributed by atoms with Gasteiger partial charge >= 0.3 is 0 Å². The summed E-state index contributed by atoms with van der Waals surface area (Å²) in [7, 11) is 0. The van der Waals surface area contributed by atoms with Gasteiger partial charge in [0, 0.05) is 6.04 Å². The summed E-state index contributed by atoms with van der Waals surface area (Å²) in [6, 6.07) is 0.395. The molecule has 0 spiro atoms. The van der Waals surface area contributed by atoms with E-state index >= 15 is 0 Å². The Hall–Kier alpha value is -0.0800. The molecule has 1 rings (SSSR count). The van der Waals surface area contributed by atoms with Gasteiger partial charge in [-0.1, -0.05) is 33.1 Å². The Morgan fingerprint density at radius 2 is 1.75 bits per heavy atom. The quantitative estimate of drug-likeness (QED) is 0.731. The van der Waals surface area contributed by atoms with Crippen LogP contribution in [0.25, 0.3) is 0 Å². The molecule has 2 heteroatoms. The average Bonchev–Trinajstić information content (AvgIpc) is 2.28. The van der Waals surface area contributed by atoms with Crippen LogP contribution in [0.2, 0.25) is 0 Å². The molecule has 2 unspecified atom stereocenters. The van der Waals surface area contributed by atoms with Gasteiger partial charge in [-0.05, 0) is 50.0 Å². The van der Waals surface area contributed by atoms with Gasteiger partial charge in [0.15, 0.2) is 0 Å². The molecule has 96 valence electrons. The highest BCUT2D eigenvalue weighted by Gasteiger charge is 2.27. The second kappa shape index (κ2) is 7.29. The average molecular weight is 226 g/mol. The molecule has 0 amide bonds. The van der Waals surface area contributed by atoms with Crippen molar-refractivity contribution in [1.29, 1.82) is 0 Å². The normalized spacial score (nSPS) is 22.3. The van der Waals surface area contributed by atoms with Crippen LogP contribution in [0.15, 0.2) is 0 Å². The molecular weight excluding hydrogens is 196 g/mol. The van der Waals surface area contributed by atoms with Crippen LogP contribution in [0, 0.1) is 17.8 Å². The zero-order chi connectivity index (χ0) is 12.0. The fourth-order valence-electron chi connectivity index (χ4n) is 3.19. The smallest absolute Gasteiger partial charge is 0.00962 e. The second-order valence-corrected chi connectivity index (χ2v) is 5.94. The third-order valence-corrected chi connectivity index (χ3v) is 4.05. The van der Waals surface area contributed by atoms with Crippen LogP contribution in [-0.4, -0.2) is 12.6 Å². The largest absolute Gasteiger partial charge is 0.330 e. The van der Waals surface area contributed by atoms with Crippen LogP contribution >= 0.6 is 0 Å². The molecule has 1 fully saturated rings. The van der Waals surface area contributed by atoms with Gasteiger partial charge in [-0.2, -0.15) is 0 Å². The van der Waals surface area contributed by atoms with E-state index in [0.717, 1.165) is 24.8 Å². The first-order valence-electron chi connectivity index (χ1n) is 7.10. The maximum absolute atomic E-state index is 6.47. The Kier molecular flexibility index (Phi) is 6.37. The first-order valence-corrected chi connectivity index (χ1v) is 7.10. The molecule has 0 bridgehead atoms. The van der Waals surface area contributed by atoms with Crippen molar-refractivity contribution in [3.63, 3.8) is 0 Å². The molecule has 0 radical (unpaired) electrons.